The first-order valence-electron chi connectivity index (χ1n) is 9.89. The molecule has 2 aliphatic heterocycles. The molecule has 142 valence electrons. The van der Waals surface area contributed by atoms with Gasteiger partial charge in [-0.1, -0.05) is 19.9 Å². The molecule has 1 spiro atoms. The molecule has 5 nitrogen and oxygen atoms in total. The molecule has 3 rings (SSSR count). The Labute approximate surface area is 156 Å². The molecule has 1 aromatic heterocycles. The predicted molar refractivity (Wildman–Crippen MR) is 102 cm³/mol. The van der Waals surface area contributed by atoms with Gasteiger partial charge in [-0.3, -0.25) is 9.59 Å². The largest absolute Gasteiger partial charge is 0.342 e. The Balaban J connectivity index is 1.70. The number of amides is 2. The summed E-state index contributed by atoms with van der Waals surface area (Å²) in [6.07, 6.45) is 4.66. The van der Waals surface area contributed by atoms with Crippen molar-refractivity contribution in [3.05, 3.63) is 29.6 Å². The fraction of sp³-hybridized carbons (Fsp3) is 0.667. The molecule has 0 aromatic carbocycles. The highest BCUT2D eigenvalue weighted by atomic mass is 16.2. The van der Waals surface area contributed by atoms with Crippen molar-refractivity contribution in [2.24, 2.45) is 11.3 Å². The van der Waals surface area contributed by atoms with Gasteiger partial charge in [0.25, 0.3) is 5.91 Å². The number of aryl methyl sites for hydroxylation is 1. The highest BCUT2D eigenvalue weighted by Gasteiger charge is 2.42. The standard InChI is InChI=1S/C21H31N3O2/c1-16(2)9-13-23-14-21(11-8-19(23)25)10-5-12-24(15-21)20(26)18-7-4-6-17(3)22-18/h4,6-7,16H,5,8-15H2,1-3H3/t21-/m1/s1. The van der Waals surface area contributed by atoms with Crippen LogP contribution >= 0.6 is 0 Å². The van der Waals surface area contributed by atoms with Crippen molar-refractivity contribution in [1.82, 2.24) is 14.8 Å². The van der Waals surface area contributed by atoms with E-state index in [1.165, 1.54) is 0 Å². The van der Waals surface area contributed by atoms with E-state index in [2.05, 4.69) is 18.8 Å². The Hall–Kier alpha value is -1.91. The lowest BCUT2D eigenvalue weighted by Gasteiger charge is -2.48. The number of carbonyl (C=O) groups excluding carboxylic acids is 2. The topological polar surface area (TPSA) is 53.5 Å². The van der Waals surface area contributed by atoms with E-state index >= 15 is 0 Å². The Morgan fingerprint density at radius 3 is 2.81 bits per heavy atom. The van der Waals surface area contributed by atoms with Gasteiger partial charge in [-0.05, 0) is 50.7 Å². The van der Waals surface area contributed by atoms with Gasteiger partial charge in [0.2, 0.25) is 5.91 Å². The monoisotopic (exact) mass is 357 g/mol. The van der Waals surface area contributed by atoms with Crippen LogP contribution in [0.25, 0.3) is 0 Å². The van der Waals surface area contributed by atoms with E-state index in [-0.39, 0.29) is 17.2 Å². The number of likely N-dealkylation sites (tertiary alicyclic amines) is 2. The zero-order valence-electron chi connectivity index (χ0n) is 16.3. The van der Waals surface area contributed by atoms with Gasteiger partial charge in [-0.25, -0.2) is 4.98 Å². The molecule has 0 saturated carbocycles. The van der Waals surface area contributed by atoms with Gasteiger partial charge in [0, 0.05) is 43.7 Å². The number of carbonyl (C=O) groups is 2. The average molecular weight is 357 g/mol. The summed E-state index contributed by atoms with van der Waals surface area (Å²) in [6, 6.07) is 5.60. The fourth-order valence-corrected chi connectivity index (χ4v) is 4.26. The summed E-state index contributed by atoms with van der Waals surface area (Å²) in [5.41, 5.74) is 1.46. The van der Waals surface area contributed by atoms with Gasteiger partial charge in [0.05, 0.1) is 0 Å². The van der Waals surface area contributed by atoms with Crippen molar-refractivity contribution >= 4 is 11.8 Å². The molecule has 2 fully saturated rings. The number of pyridine rings is 1. The van der Waals surface area contributed by atoms with Crippen LogP contribution in [-0.2, 0) is 4.79 Å². The third-order valence-corrected chi connectivity index (χ3v) is 5.78. The van der Waals surface area contributed by atoms with Crippen LogP contribution in [0.4, 0.5) is 0 Å². The van der Waals surface area contributed by atoms with Crippen LogP contribution in [0.1, 0.15) is 62.1 Å². The molecule has 0 N–H and O–H groups in total. The van der Waals surface area contributed by atoms with Crippen LogP contribution in [0.2, 0.25) is 0 Å². The number of rotatable bonds is 4. The smallest absolute Gasteiger partial charge is 0.272 e. The maximum atomic E-state index is 12.9. The van der Waals surface area contributed by atoms with Crippen molar-refractivity contribution in [2.75, 3.05) is 26.2 Å². The number of hydrogen-bond donors (Lipinski definition) is 0. The maximum Gasteiger partial charge on any atom is 0.272 e. The number of piperidine rings is 2. The molecule has 5 heteroatoms. The van der Waals surface area contributed by atoms with Crippen LogP contribution in [-0.4, -0.2) is 52.8 Å². The van der Waals surface area contributed by atoms with Gasteiger partial charge in [0.1, 0.15) is 5.69 Å². The van der Waals surface area contributed by atoms with Crippen molar-refractivity contribution < 1.29 is 9.59 Å². The van der Waals surface area contributed by atoms with Gasteiger partial charge >= 0.3 is 0 Å². The average Bonchev–Trinajstić information content (AvgIpc) is 2.62. The van der Waals surface area contributed by atoms with E-state index in [0.29, 0.717) is 18.0 Å². The lowest BCUT2D eigenvalue weighted by atomic mass is 9.73. The van der Waals surface area contributed by atoms with Crippen LogP contribution in [0, 0.1) is 18.3 Å². The van der Waals surface area contributed by atoms with Gasteiger partial charge in [-0.2, -0.15) is 0 Å². The summed E-state index contributed by atoms with van der Waals surface area (Å²) in [5.74, 6) is 0.899. The second-order valence-electron chi connectivity index (χ2n) is 8.49. The van der Waals surface area contributed by atoms with E-state index in [9.17, 15) is 9.59 Å². The molecule has 0 bridgehead atoms. The minimum atomic E-state index is 0.0263. The maximum absolute atomic E-state index is 12.9. The normalized spacial score (nSPS) is 23.8. The molecular formula is C21H31N3O2. The highest BCUT2D eigenvalue weighted by Crippen LogP contribution is 2.39. The molecule has 0 aliphatic carbocycles. The van der Waals surface area contributed by atoms with E-state index < -0.39 is 0 Å². The third kappa shape index (κ3) is 4.25. The molecule has 0 radical (unpaired) electrons. The molecule has 26 heavy (non-hydrogen) atoms. The Morgan fingerprint density at radius 1 is 1.27 bits per heavy atom. The summed E-state index contributed by atoms with van der Waals surface area (Å²) < 4.78 is 0. The van der Waals surface area contributed by atoms with E-state index in [1.54, 1.807) is 6.07 Å². The first-order chi connectivity index (χ1) is 12.4. The fourth-order valence-electron chi connectivity index (χ4n) is 4.26. The SMILES string of the molecule is Cc1cccc(C(=O)N2CCC[C@]3(CCC(=O)N(CCC(C)C)C3)C2)n1. The summed E-state index contributed by atoms with van der Waals surface area (Å²) >= 11 is 0. The van der Waals surface area contributed by atoms with Crippen LogP contribution in [0.3, 0.4) is 0 Å². The highest BCUT2D eigenvalue weighted by molar-refractivity contribution is 5.92. The van der Waals surface area contributed by atoms with Crippen molar-refractivity contribution in [3.8, 4) is 0 Å². The molecule has 0 unspecified atom stereocenters. The summed E-state index contributed by atoms with van der Waals surface area (Å²) in [7, 11) is 0. The van der Waals surface area contributed by atoms with Gasteiger partial charge in [0.15, 0.2) is 0 Å². The zero-order valence-corrected chi connectivity index (χ0v) is 16.3. The first kappa shape index (κ1) is 18.9. The third-order valence-electron chi connectivity index (χ3n) is 5.78. The number of aromatic nitrogens is 1. The second-order valence-corrected chi connectivity index (χ2v) is 8.49. The predicted octanol–water partition coefficient (Wildman–Crippen LogP) is 3.28. The first-order valence-corrected chi connectivity index (χ1v) is 9.89. The molecule has 1 atom stereocenters. The Morgan fingerprint density at radius 2 is 2.08 bits per heavy atom. The second kappa shape index (κ2) is 7.77. The van der Waals surface area contributed by atoms with E-state index in [1.807, 2.05) is 28.9 Å². The van der Waals surface area contributed by atoms with Crippen molar-refractivity contribution in [1.29, 1.82) is 0 Å². The molecular weight excluding hydrogens is 326 g/mol. The lowest BCUT2D eigenvalue weighted by Crippen LogP contribution is -2.55. The summed E-state index contributed by atoms with van der Waals surface area (Å²) in [4.78, 5) is 33.7. The Kier molecular flexibility index (Phi) is 5.64. The van der Waals surface area contributed by atoms with E-state index in [0.717, 1.165) is 57.6 Å². The molecule has 2 saturated heterocycles. The zero-order chi connectivity index (χ0) is 18.7. The Bertz CT molecular complexity index is 673. The van der Waals surface area contributed by atoms with Crippen LogP contribution < -0.4 is 0 Å². The molecule has 3 heterocycles. The minimum absolute atomic E-state index is 0.0263. The summed E-state index contributed by atoms with van der Waals surface area (Å²) in [6.45, 7) is 9.46. The number of hydrogen-bond acceptors (Lipinski definition) is 3. The molecule has 2 aliphatic rings. The van der Waals surface area contributed by atoms with Crippen LogP contribution in [0.5, 0.6) is 0 Å². The van der Waals surface area contributed by atoms with Crippen LogP contribution in [0.15, 0.2) is 18.2 Å². The van der Waals surface area contributed by atoms with Crippen molar-refractivity contribution in [3.63, 3.8) is 0 Å². The minimum Gasteiger partial charge on any atom is -0.342 e. The van der Waals surface area contributed by atoms with E-state index in [4.69, 9.17) is 0 Å². The quantitative estimate of drug-likeness (QED) is 0.831. The summed E-state index contributed by atoms with van der Waals surface area (Å²) in [5, 5.41) is 0. The van der Waals surface area contributed by atoms with Gasteiger partial charge < -0.3 is 9.80 Å². The van der Waals surface area contributed by atoms with Gasteiger partial charge in [-0.15, -0.1) is 0 Å². The molecule has 2 amide bonds. The molecule has 1 aromatic rings. The lowest BCUT2D eigenvalue weighted by molar-refractivity contribution is -0.139. The number of nitrogens with zero attached hydrogens (tertiary/aromatic N) is 3. The van der Waals surface area contributed by atoms with Crippen molar-refractivity contribution in [2.45, 2.75) is 52.9 Å².